The van der Waals surface area contributed by atoms with Gasteiger partial charge < -0.3 is 31.5 Å². The first-order valence-corrected chi connectivity index (χ1v) is 10.5. The van der Waals surface area contributed by atoms with Crippen LogP contribution in [-0.2, 0) is 20.8 Å². The van der Waals surface area contributed by atoms with Crippen molar-refractivity contribution < 1.29 is 34.8 Å². The predicted molar refractivity (Wildman–Crippen MR) is 117 cm³/mol. The molecule has 1 fully saturated rings. The molecule has 170 valence electrons. The Morgan fingerprint density at radius 3 is 2.55 bits per heavy atom. The summed E-state index contributed by atoms with van der Waals surface area (Å²) in [6, 6.07) is 7.64. The minimum Gasteiger partial charge on any atom is -0.508 e. The van der Waals surface area contributed by atoms with Crippen molar-refractivity contribution in [1.82, 2.24) is 5.32 Å². The molecule has 2 aromatic carbocycles. The minimum atomic E-state index is -2.63. The third-order valence-corrected chi connectivity index (χ3v) is 7.24. The fourth-order valence-electron chi connectivity index (χ4n) is 5.78. The quantitative estimate of drug-likeness (QED) is 0.365. The molecule has 0 aromatic heterocycles. The van der Waals surface area contributed by atoms with Crippen molar-refractivity contribution in [3.8, 4) is 5.75 Å². The molecule has 0 aliphatic heterocycles. The lowest BCUT2D eigenvalue weighted by Crippen LogP contribution is -2.65. The van der Waals surface area contributed by atoms with Crippen LogP contribution in [0.2, 0.25) is 0 Å². The standard InChI is InChI=1S/C24H22N2O7/c1-26-18-13-7-10-6-12-11-5-3-2-4-9(11)8-14(27)16(12)19(28)15(10)21(30)24(13,33)22(31)17(20(18)29)23(25)32/h2-5,8,10,13,18,26-28,31,33H,6-7H2,1H3,(H2,25,32)/t10-,13-,18-,24-/m0/s1. The number of carbonyl (C=O) groups is 3. The maximum Gasteiger partial charge on any atom is 0.255 e. The third kappa shape index (κ3) is 2.57. The summed E-state index contributed by atoms with van der Waals surface area (Å²) in [5.41, 5.74) is 2.37. The van der Waals surface area contributed by atoms with Gasteiger partial charge in [0, 0.05) is 11.5 Å². The monoisotopic (exact) mass is 450 g/mol. The van der Waals surface area contributed by atoms with E-state index < -0.39 is 58.0 Å². The highest BCUT2D eigenvalue weighted by Gasteiger charge is 2.63. The second kappa shape index (κ2) is 6.90. The average molecular weight is 450 g/mol. The highest BCUT2D eigenvalue weighted by molar-refractivity contribution is 6.24. The number of amides is 1. The summed E-state index contributed by atoms with van der Waals surface area (Å²) >= 11 is 0. The van der Waals surface area contributed by atoms with Crippen LogP contribution in [0.1, 0.15) is 17.5 Å². The number of phenolic OH excluding ortho intramolecular Hbond substituents is 1. The highest BCUT2D eigenvalue weighted by atomic mass is 16.3. The summed E-state index contributed by atoms with van der Waals surface area (Å²) < 4.78 is 0. The van der Waals surface area contributed by atoms with Crippen LogP contribution < -0.4 is 11.1 Å². The zero-order chi connectivity index (χ0) is 23.8. The Morgan fingerprint density at radius 1 is 1.18 bits per heavy atom. The number of Topliss-reactive ketones (excluding diaryl/α,β-unsaturated/α-hetero) is 2. The number of nitrogens with two attached hydrogens (primary N) is 1. The number of rotatable bonds is 2. The molecule has 4 atom stereocenters. The Hall–Kier alpha value is -3.69. The van der Waals surface area contributed by atoms with Gasteiger partial charge in [0.2, 0.25) is 5.78 Å². The molecular weight excluding hydrogens is 428 g/mol. The first kappa shape index (κ1) is 21.2. The molecule has 33 heavy (non-hydrogen) atoms. The minimum absolute atomic E-state index is 0.0540. The number of ketones is 2. The van der Waals surface area contributed by atoms with Crippen molar-refractivity contribution in [3.63, 3.8) is 0 Å². The molecule has 2 aromatic rings. The Morgan fingerprint density at radius 2 is 1.88 bits per heavy atom. The number of phenols is 1. The van der Waals surface area contributed by atoms with Crippen molar-refractivity contribution >= 4 is 34.0 Å². The predicted octanol–water partition coefficient (Wildman–Crippen LogP) is 0.775. The van der Waals surface area contributed by atoms with E-state index in [1.54, 1.807) is 0 Å². The third-order valence-electron chi connectivity index (χ3n) is 7.24. The van der Waals surface area contributed by atoms with Gasteiger partial charge in [0.15, 0.2) is 11.4 Å². The molecule has 0 bridgehead atoms. The van der Waals surface area contributed by atoms with Crippen LogP contribution in [0.25, 0.3) is 16.5 Å². The number of aromatic hydroxyl groups is 1. The number of carbonyl (C=O) groups excluding carboxylic acids is 3. The number of hydrogen-bond acceptors (Lipinski definition) is 8. The zero-order valence-electron chi connectivity index (χ0n) is 17.6. The molecule has 0 radical (unpaired) electrons. The van der Waals surface area contributed by atoms with Crippen molar-refractivity contribution in [2.24, 2.45) is 17.6 Å². The van der Waals surface area contributed by atoms with Gasteiger partial charge in [-0.15, -0.1) is 0 Å². The molecule has 0 unspecified atom stereocenters. The van der Waals surface area contributed by atoms with Crippen LogP contribution >= 0.6 is 0 Å². The molecule has 0 heterocycles. The summed E-state index contributed by atoms with van der Waals surface area (Å²) in [5.74, 6) is -6.61. The SMILES string of the molecule is CN[C@@H]1C(=O)C(C(N)=O)=C(O)[C@@]2(O)C(=O)C3=C(O)c4c(O)cc5ccccc5c4C[C@H]3C[C@@H]12. The summed E-state index contributed by atoms with van der Waals surface area (Å²) in [6.07, 6.45) is 0.318. The van der Waals surface area contributed by atoms with Crippen LogP contribution in [0.4, 0.5) is 0 Å². The Kier molecular flexibility index (Phi) is 4.43. The van der Waals surface area contributed by atoms with E-state index in [2.05, 4.69) is 5.32 Å². The van der Waals surface area contributed by atoms with Crippen LogP contribution in [-0.4, -0.2) is 56.6 Å². The number of aliphatic hydroxyl groups is 3. The number of primary amides is 1. The van der Waals surface area contributed by atoms with E-state index >= 15 is 0 Å². The van der Waals surface area contributed by atoms with Gasteiger partial charge in [-0.25, -0.2) is 0 Å². The Balaban J connectivity index is 1.77. The number of aliphatic hydroxyl groups excluding tert-OH is 2. The molecule has 1 saturated carbocycles. The van der Waals surface area contributed by atoms with Gasteiger partial charge in [0.25, 0.3) is 5.91 Å². The first-order chi connectivity index (χ1) is 15.6. The number of benzene rings is 2. The number of likely N-dealkylation sites (N-methyl/N-ethyl adjacent to an activating group) is 1. The topological polar surface area (TPSA) is 170 Å². The van der Waals surface area contributed by atoms with E-state index in [1.807, 2.05) is 24.3 Å². The lowest BCUT2D eigenvalue weighted by molar-refractivity contribution is -0.150. The van der Waals surface area contributed by atoms with Crippen LogP contribution in [0.3, 0.4) is 0 Å². The van der Waals surface area contributed by atoms with E-state index in [0.717, 1.165) is 10.8 Å². The smallest absolute Gasteiger partial charge is 0.255 e. The molecule has 0 saturated heterocycles. The summed E-state index contributed by atoms with van der Waals surface area (Å²) in [7, 11) is 1.44. The van der Waals surface area contributed by atoms with E-state index in [4.69, 9.17) is 5.73 Å². The van der Waals surface area contributed by atoms with E-state index in [0.29, 0.717) is 5.56 Å². The van der Waals surface area contributed by atoms with Crippen LogP contribution in [0.15, 0.2) is 47.2 Å². The second-order valence-corrected chi connectivity index (χ2v) is 8.79. The molecule has 3 aliphatic carbocycles. The van der Waals surface area contributed by atoms with Gasteiger partial charge in [-0.05, 0) is 48.2 Å². The molecule has 7 N–H and O–H groups in total. The van der Waals surface area contributed by atoms with Gasteiger partial charge in [-0.2, -0.15) is 0 Å². The van der Waals surface area contributed by atoms with Gasteiger partial charge in [-0.3, -0.25) is 14.4 Å². The number of hydrogen-bond donors (Lipinski definition) is 6. The number of nitrogens with one attached hydrogen (secondary N) is 1. The number of fused-ring (bicyclic) bond motifs is 5. The molecule has 5 rings (SSSR count). The van der Waals surface area contributed by atoms with E-state index in [1.165, 1.54) is 13.1 Å². The molecule has 9 heteroatoms. The highest BCUT2D eigenvalue weighted by Crippen LogP contribution is 2.52. The lowest BCUT2D eigenvalue weighted by Gasteiger charge is -2.48. The largest absolute Gasteiger partial charge is 0.508 e. The summed E-state index contributed by atoms with van der Waals surface area (Å²) in [5, 5.41) is 48.2. The summed E-state index contributed by atoms with van der Waals surface area (Å²) in [6.45, 7) is 0. The average Bonchev–Trinajstić information content (AvgIpc) is 2.76. The van der Waals surface area contributed by atoms with Crippen molar-refractivity contribution in [1.29, 1.82) is 0 Å². The fraction of sp³-hybridized carbons (Fsp3) is 0.292. The van der Waals surface area contributed by atoms with E-state index in [9.17, 15) is 34.8 Å². The Labute approximate surface area is 187 Å². The maximum absolute atomic E-state index is 13.6. The fourth-order valence-corrected chi connectivity index (χ4v) is 5.78. The van der Waals surface area contributed by atoms with Gasteiger partial charge in [0.05, 0.1) is 11.6 Å². The van der Waals surface area contributed by atoms with Gasteiger partial charge in [0.1, 0.15) is 22.8 Å². The van der Waals surface area contributed by atoms with Gasteiger partial charge >= 0.3 is 0 Å². The second-order valence-electron chi connectivity index (χ2n) is 8.79. The summed E-state index contributed by atoms with van der Waals surface area (Å²) in [4.78, 5) is 38.4. The molecule has 3 aliphatic rings. The van der Waals surface area contributed by atoms with Crippen molar-refractivity contribution in [3.05, 3.63) is 58.4 Å². The Bertz CT molecular complexity index is 1340. The lowest BCUT2D eigenvalue weighted by atomic mass is 9.57. The zero-order valence-corrected chi connectivity index (χ0v) is 17.6. The van der Waals surface area contributed by atoms with Crippen LogP contribution in [0.5, 0.6) is 5.75 Å². The van der Waals surface area contributed by atoms with E-state index in [-0.39, 0.29) is 29.7 Å². The normalized spacial score (nSPS) is 29.1. The first-order valence-electron chi connectivity index (χ1n) is 10.5. The molecule has 9 nitrogen and oxygen atoms in total. The molecule has 1 amide bonds. The van der Waals surface area contributed by atoms with Gasteiger partial charge in [-0.1, -0.05) is 24.3 Å². The molecule has 0 spiro atoms. The van der Waals surface area contributed by atoms with Crippen molar-refractivity contribution in [2.45, 2.75) is 24.5 Å². The van der Waals surface area contributed by atoms with Crippen molar-refractivity contribution in [2.75, 3.05) is 7.05 Å². The molecular formula is C24H22N2O7. The van der Waals surface area contributed by atoms with Crippen LogP contribution in [0, 0.1) is 11.8 Å². The maximum atomic E-state index is 13.6.